The summed E-state index contributed by atoms with van der Waals surface area (Å²) in [5, 5.41) is 3.00. The van der Waals surface area contributed by atoms with Gasteiger partial charge in [0.15, 0.2) is 0 Å². The number of carbonyl (C=O) groups is 2. The minimum Gasteiger partial charge on any atom is -0.345 e. The monoisotopic (exact) mass is 443 g/mol. The largest absolute Gasteiger partial charge is 0.345 e. The minimum atomic E-state index is -0.126. The number of aromatic nitrogens is 1. The number of urea groups is 1. The highest BCUT2D eigenvalue weighted by Crippen LogP contribution is 2.24. The number of amides is 3. The van der Waals surface area contributed by atoms with Gasteiger partial charge in [0.25, 0.3) is 5.91 Å². The molecule has 0 saturated carbocycles. The van der Waals surface area contributed by atoms with E-state index >= 15 is 0 Å². The second-order valence-electron chi connectivity index (χ2n) is 8.27. The minimum absolute atomic E-state index is 0.0114. The highest BCUT2D eigenvalue weighted by Gasteiger charge is 2.25. The third-order valence-corrected chi connectivity index (χ3v) is 6.25. The van der Waals surface area contributed by atoms with E-state index in [1.54, 1.807) is 17.3 Å². The van der Waals surface area contributed by atoms with Gasteiger partial charge in [-0.1, -0.05) is 12.1 Å². The first-order chi connectivity index (χ1) is 15.9. The molecule has 0 aliphatic carbocycles. The predicted octanol–water partition coefficient (Wildman–Crippen LogP) is 4.46. The zero-order chi connectivity index (χ0) is 23.4. The van der Waals surface area contributed by atoms with Crippen molar-refractivity contribution in [2.45, 2.75) is 13.8 Å². The highest BCUT2D eigenvalue weighted by molar-refractivity contribution is 5.95. The van der Waals surface area contributed by atoms with Crippen molar-refractivity contribution in [3.05, 3.63) is 83.7 Å². The van der Waals surface area contributed by atoms with E-state index in [0.29, 0.717) is 31.7 Å². The molecule has 4 rings (SSSR count). The topological polar surface area (TPSA) is 68.8 Å². The molecule has 2 heterocycles. The second kappa shape index (κ2) is 9.73. The molecule has 1 aromatic heterocycles. The number of hydrogen-bond acceptors (Lipinski definition) is 4. The Morgan fingerprint density at radius 3 is 2.12 bits per heavy atom. The van der Waals surface area contributed by atoms with Crippen LogP contribution in [-0.2, 0) is 0 Å². The average Bonchev–Trinajstić information content (AvgIpc) is 2.86. The van der Waals surface area contributed by atoms with Crippen molar-refractivity contribution in [1.82, 2.24) is 14.8 Å². The van der Waals surface area contributed by atoms with Gasteiger partial charge in [-0.2, -0.15) is 0 Å². The molecule has 0 radical (unpaired) electrons. The SMILES string of the molecule is Cc1cccc(NC(=O)N2CCN(C(=O)c3ccc(N(C)c4ccncc4)cc3)CC2)c1C. The van der Waals surface area contributed by atoms with Crippen molar-refractivity contribution in [3.63, 3.8) is 0 Å². The molecule has 0 bridgehead atoms. The average molecular weight is 444 g/mol. The number of aryl methyl sites for hydroxylation is 1. The number of rotatable bonds is 4. The molecule has 1 fully saturated rings. The van der Waals surface area contributed by atoms with Crippen molar-refractivity contribution in [3.8, 4) is 0 Å². The van der Waals surface area contributed by atoms with Crippen molar-refractivity contribution in [2.24, 2.45) is 0 Å². The molecule has 7 nitrogen and oxygen atoms in total. The molecule has 0 atom stereocenters. The van der Waals surface area contributed by atoms with E-state index in [1.165, 1.54) is 0 Å². The van der Waals surface area contributed by atoms with Gasteiger partial charge in [-0.25, -0.2) is 4.79 Å². The molecule has 3 amide bonds. The van der Waals surface area contributed by atoms with Gasteiger partial charge in [0, 0.05) is 68.2 Å². The van der Waals surface area contributed by atoms with E-state index in [4.69, 9.17) is 0 Å². The van der Waals surface area contributed by atoms with Gasteiger partial charge in [0.2, 0.25) is 0 Å². The van der Waals surface area contributed by atoms with E-state index in [1.807, 2.05) is 85.3 Å². The molecule has 0 spiro atoms. The molecule has 1 N–H and O–H groups in total. The van der Waals surface area contributed by atoms with Gasteiger partial charge in [-0.15, -0.1) is 0 Å². The van der Waals surface area contributed by atoms with Gasteiger partial charge in [0.1, 0.15) is 0 Å². The fraction of sp³-hybridized carbons (Fsp3) is 0.269. The summed E-state index contributed by atoms with van der Waals surface area (Å²) < 4.78 is 0. The zero-order valence-corrected chi connectivity index (χ0v) is 19.3. The molecule has 1 aliphatic heterocycles. The smallest absolute Gasteiger partial charge is 0.321 e. The summed E-state index contributed by atoms with van der Waals surface area (Å²) in [6, 6.07) is 17.2. The maximum atomic E-state index is 13.0. The number of nitrogens with zero attached hydrogens (tertiary/aromatic N) is 4. The Bertz CT molecular complexity index is 1120. The Morgan fingerprint density at radius 2 is 1.45 bits per heavy atom. The highest BCUT2D eigenvalue weighted by atomic mass is 16.2. The molecule has 2 aromatic carbocycles. The van der Waals surface area contributed by atoms with Crippen molar-refractivity contribution in [1.29, 1.82) is 0 Å². The quantitative estimate of drug-likeness (QED) is 0.647. The first-order valence-corrected chi connectivity index (χ1v) is 11.1. The van der Waals surface area contributed by atoms with Crippen molar-refractivity contribution >= 4 is 29.0 Å². The van der Waals surface area contributed by atoms with Crippen LogP contribution in [0.2, 0.25) is 0 Å². The Kier molecular flexibility index (Phi) is 6.58. The van der Waals surface area contributed by atoms with Crippen LogP contribution in [0.5, 0.6) is 0 Å². The van der Waals surface area contributed by atoms with Crippen LogP contribution in [0.3, 0.4) is 0 Å². The van der Waals surface area contributed by atoms with Gasteiger partial charge in [-0.05, 0) is 67.4 Å². The van der Waals surface area contributed by atoms with Gasteiger partial charge in [0.05, 0.1) is 0 Å². The zero-order valence-electron chi connectivity index (χ0n) is 19.3. The number of piperazine rings is 1. The van der Waals surface area contributed by atoms with Crippen LogP contribution in [0.15, 0.2) is 67.0 Å². The lowest BCUT2D eigenvalue weighted by Gasteiger charge is -2.35. The van der Waals surface area contributed by atoms with Crippen LogP contribution in [-0.4, -0.2) is 59.9 Å². The van der Waals surface area contributed by atoms with Gasteiger partial charge >= 0.3 is 6.03 Å². The van der Waals surface area contributed by atoms with E-state index in [-0.39, 0.29) is 11.9 Å². The van der Waals surface area contributed by atoms with Crippen molar-refractivity contribution in [2.75, 3.05) is 43.4 Å². The molecule has 0 unspecified atom stereocenters. The molecule has 7 heteroatoms. The third-order valence-electron chi connectivity index (χ3n) is 6.25. The fourth-order valence-electron chi connectivity index (χ4n) is 3.92. The third kappa shape index (κ3) is 4.98. The summed E-state index contributed by atoms with van der Waals surface area (Å²) in [4.78, 5) is 35.3. The number of carbonyl (C=O) groups excluding carboxylic acids is 2. The lowest BCUT2D eigenvalue weighted by Crippen LogP contribution is -2.51. The van der Waals surface area contributed by atoms with Gasteiger partial charge in [-0.3, -0.25) is 9.78 Å². The number of benzene rings is 2. The Balaban J connectivity index is 1.33. The maximum absolute atomic E-state index is 13.0. The normalized spacial score (nSPS) is 13.5. The molecule has 33 heavy (non-hydrogen) atoms. The molecule has 3 aromatic rings. The van der Waals surface area contributed by atoms with Crippen LogP contribution in [0.4, 0.5) is 21.9 Å². The molecule has 170 valence electrons. The predicted molar refractivity (Wildman–Crippen MR) is 131 cm³/mol. The Hall–Kier alpha value is -3.87. The van der Waals surface area contributed by atoms with Crippen LogP contribution in [0.1, 0.15) is 21.5 Å². The molecular formula is C26H29N5O2. The maximum Gasteiger partial charge on any atom is 0.321 e. The lowest BCUT2D eigenvalue weighted by molar-refractivity contribution is 0.0671. The number of hydrogen-bond donors (Lipinski definition) is 1. The van der Waals surface area contributed by atoms with Crippen LogP contribution in [0, 0.1) is 13.8 Å². The van der Waals surface area contributed by atoms with E-state index in [2.05, 4.69) is 10.3 Å². The number of nitrogens with one attached hydrogen (secondary N) is 1. The van der Waals surface area contributed by atoms with E-state index in [9.17, 15) is 9.59 Å². The van der Waals surface area contributed by atoms with Crippen molar-refractivity contribution < 1.29 is 9.59 Å². The van der Waals surface area contributed by atoms with Crippen LogP contribution >= 0.6 is 0 Å². The summed E-state index contributed by atoms with van der Waals surface area (Å²) in [6.45, 7) is 6.06. The summed E-state index contributed by atoms with van der Waals surface area (Å²) in [6.07, 6.45) is 3.51. The van der Waals surface area contributed by atoms with Gasteiger partial charge < -0.3 is 20.0 Å². The lowest BCUT2D eigenvalue weighted by atomic mass is 10.1. The molecule has 1 saturated heterocycles. The number of anilines is 3. The molecular weight excluding hydrogens is 414 g/mol. The summed E-state index contributed by atoms with van der Waals surface area (Å²) in [7, 11) is 1.98. The van der Waals surface area contributed by atoms with E-state index in [0.717, 1.165) is 28.2 Å². The Labute approximate surface area is 194 Å². The van der Waals surface area contributed by atoms with E-state index < -0.39 is 0 Å². The number of pyridine rings is 1. The first-order valence-electron chi connectivity index (χ1n) is 11.1. The fourth-order valence-corrected chi connectivity index (χ4v) is 3.92. The standard InChI is InChI=1S/C26H29N5O2/c1-19-5-4-6-24(20(19)2)28-26(33)31-17-15-30(16-18-31)25(32)21-7-9-22(10-8-21)29(3)23-11-13-27-14-12-23/h4-14H,15-18H2,1-3H3,(H,28,33). The first kappa shape index (κ1) is 22.3. The summed E-state index contributed by atoms with van der Waals surface area (Å²) in [5.74, 6) is -0.0114. The molecule has 1 aliphatic rings. The van der Waals surface area contributed by atoms with Crippen LogP contribution in [0.25, 0.3) is 0 Å². The second-order valence-corrected chi connectivity index (χ2v) is 8.27. The summed E-state index contributed by atoms with van der Waals surface area (Å²) >= 11 is 0. The summed E-state index contributed by atoms with van der Waals surface area (Å²) in [5.41, 5.74) is 5.70. The van der Waals surface area contributed by atoms with Crippen LogP contribution < -0.4 is 10.2 Å². The Morgan fingerprint density at radius 1 is 0.848 bits per heavy atom.